The maximum Gasteiger partial charge on any atom is 0.224 e. The number of amides is 1. The summed E-state index contributed by atoms with van der Waals surface area (Å²) in [4.78, 5) is 13.3. The van der Waals surface area contributed by atoms with Crippen LogP contribution in [0.3, 0.4) is 0 Å². The third-order valence-electron chi connectivity index (χ3n) is 2.84. The van der Waals surface area contributed by atoms with Crippen LogP contribution in [0.1, 0.15) is 45.0 Å². The maximum atomic E-state index is 12.2. The summed E-state index contributed by atoms with van der Waals surface area (Å²) in [5.74, 6) is -0.0410. The lowest BCUT2D eigenvalue weighted by molar-refractivity contribution is -0.126. The van der Waals surface area contributed by atoms with Gasteiger partial charge in [-0.3, -0.25) is 4.79 Å². The van der Waals surface area contributed by atoms with Gasteiger partial charge in [0.05, 0.1) is 12.0 Å². The number of carbonyl (C=O) groups excluding carboxylic acids is 1. The van der Waals surface area contributed by atoms with E-state index in [2.05, 4.69) is 26.1 Å². The van der Waals surface area contributed by atoms with Gasteiger partial charge in [-0.2, -0.15) is 0 Å². The van der Waals surface area contributed by atoms with Crippen LogP contribution in [0.4, 0.5) is 0 Å². The summed E-state index contributed by atoms with van der Waals surface area (Å²) in [5, 5.41) is 5.07. The van der Waals surface area contributed by atoms with Gasteiger partial charge in [0.15, 0.2) is 0 Å². The molecule has 1 rings (SSSR count). The van der Waals surface area contributed by atoms with Gasteiger partial charge in [0.1, 0.15) is 0 Å². The smallest absolute Gasteiger partial charge is 0.224 e. The molecule has 1 aromatic heterocycles. The van der Waals surface area contributed by atoms with Crippen molar-refractivity contribution < 1.29 is 4.79 Å². The average molecular weight is 268 g/mol. The number of hydrogen-bond acceptors (Lipinski definition) is 3. The van der Waals surface area contributed by atoms with Crippen LogP contribution in [0.5, 0.6) is 0 Å². The van der Waals surface area contributed by atoms with Gasteiger partial charge in [-0.15, -0.1) is 11.3 Å². The molecular formula is C14H24N2OS. The molecule has 3 N–H and O–H groups in total. The summed E-state index contributed by atoms with van der Waals surface area (Å²) in [6, 6.07) is 4.10. The van der Waals surface area contributed by atoms with Crippen LogP contribution in [-0.2, 0) is 4.79 Å². The van der Waals surface area contributed by atoms with Crippen molar-refractivity contribution in [2.45, 2.75) is 40.2 Å². The van der Waals surface area contributed by atoms with Crippen LogP contribution in [-0.4, -0.2) is 12.5 Å². The van der Waals surface area contributed by atoms with E-state index in [1.54, 1.807) is 11.3 Å². The second-order valence-electron chi connectivity index (χ2n) is 5.94. The Morgan fingerprint density at radius 3 is 2.61 bits per heavy atom. The van der Waals surface area contributed by atoms with Crippen molar-refractivity contribution in [2.24, 2.45) is 17.1 Å². The van der Waals surface area contributed by atoms with Gasteiger partial charge in [0.2, 0.25) is 5.91 Å². The molecule has 0 aromatic carbocycles. The Bertz CT molecular complexity index is 368. The second-order valence-corrected chi connectivity index (χ2v) is 6.92. The molecule has 0 aliphatic rings. The van der Waals surface area contributed by atoms with Crippen LogP contribution in [0.15, 0.2) is 17.5 Å². The highest BCUT2D eigenvalue weighted by Gasteiger charge is 2.24. The fourth-order valence-corrected chi connectivity index (χ4v) is 2.70. The van der Waals surface area contributed by atoms with Crippen molar-refractivity contribution >= 4 is 17.2 Å². The zero-order valence-electron chi connectivity index (χ0n) is 11.7. The Morgan fingerprint density at radius 1 is 1.50 bits per heavy atom. The summed E-state index contributed by atoms with van der Waals surface area (Å²) in [7, 11) is 0. The molecule has 4 heteroatoms. The molecule has 1 amide bonds. The lowest BCUT2D eigenvalue weighted by atomic mass is 9.84. The Hall–Kier alpha value is -0.870. The molecule has 102 valence electrons. The van der Waals surface area contributed by atoms with Crippen molar-refractivity contribution in [1.29, 1.82) is 0 Å². The highest BCUT2D eigenvalue weighted by Crippen LogP contribution is 2.25. The van der Waals surface area contributed by atoms with Gasteiger partial charge < -0.3 is 11.1 Å². The van der Waals surface area contributed by atoms with Crippen LogP contribution < -0.4 is 11.1 Å². The summed E-state index contributed by atoms with van der Waals surface area (Å²) in [6.07, 6.45) is 0.812. The summed E-state index contributed by atoms with van der Waals surface area (Å²) in [6.45, 7) is 8.80. The number of carbonyl (C=O) groups is 1. The first-order chi connectivity index (χ1) is 8.33. The molecule has 1 aromatic rings. The summed E-state index contributed by atoms with van der Waals surface area (Å²) >= 11 is 1.66. The average Bonchev–Trinajstić information content (AvgIpc) is 2.77. The van der Waals surface area contributed by atoms with Crippen molar-refractivity contribution in [3.8, 4) is 0 Å². The lowest BCUT2D eigenvalue weighted by Crippen LogP contribution is -2.38. The Balaban J connectivity index is 2.57. The molecule has 0 spiro atoms. The van der Waals surface area contributed by atoms with Crippen LogP contribution in [0.25, 0.3) is 0 Å². The number of nitrogens with one attached hydrogen (secondary N) is 1. The third kappa shape index (κ3) is 4.78. The largest absolute Gasteiger partial charge is 0.348 e. The first-order valence-electron chi connectivity index (χ1n) is 6.37. The second kappa shape index (κ2) is 6.34. The van der Waals surface area contributed by atoms with E-state index in [1.807, 2.05) is 24.4 Å². The van der Waals surface area contributed by atoms with Gasteiger partial charge in [-0.25, -0.2) is 0 Å². The highest BCUT2D eigenvalue weighted by molar-refractivity contribution is 7.10. The number of hydrogen-bond donors (Lipinski definition) is 2. The van der Waals surface area contributed by atoms with Crippen molar-refractivity contribution in [3.05, 3.63) is 22.4 Å². The van der Waals surface area contributed by atoms with Gasteiger partial charge in [0, 0.05) is 11.4 Å². The molecule has 2 atom stereocenters. The van der Waals surface area contributed by atoms with Gasteiger partial charge >= 0.3 is 0 Å². The minimum Gasteiger partial charge on any atom is -0.348 e. The lowest BCUT2D eigenvalue weighted by Gasteiger charge is -2.25. The van der Waals surface area contributed by atoms with E-state index in [-0.39, 0.29) is 23.3 Å². The topological polar surface area (TPSA) is 55.1 Å². The van der Waals surface area contributed by atoms with Crippen molar-refractivity contribution in [2.75, 3.05) is 6.54 Å². The standard InChI is InChI=1S/C14H24N2OS/c1-10(12-6-5-7-18-12)16-13(17)11(9-15)8-14(2,3)4/h5-7,10-11H,8-9,15H2,1-4H3,(H,16,17)/t10-,11?/m0/s1. The van der Waals surface area contributed by atoms with E-state index >= 15 is 0 Å². The van der Waals surface area contributed by atoms with E-state index in [0.717, 1.165) is 6.42 Å². The van der Waals surface area contributed by atoms with E-state index < -0.39 is 0 Å². The normalized spacial score (nSPS) is 15.2. The molecule has 0 fully saturated rings. The van der Waals surface area contributed by atoms with Gasteiger partial charge in [0.25, 0.3) is 0 Å². The first kappa shape index (κ1) is 15.2. The predicted octanol–water partition coefficient (Wildman–Crippen LogP) is 2.94. The van der Waals surface area contributed by atoms with E-state index in [1.165, 1.54) is 4.88 Å². The minimum atomic E-state index is -0.104. The van der Waals surface area contributed by atoms with Crippen molar-refractivity contribution in [1.82, 2.24) is 5.32 Å². The van der Waals surface area contributed by atoms with Crippen LogP contribution in [0.2, 0.25) is 0 Å². The van der Waals surface area contributed by atoms with Gasteiger partial charge in [-0.1, -0.05) is 26.8 Å². The zero-order valence-corrected chi connectivity index (χ0v) is 12.5. The fourth-order valence-electron chi connectivity index (χ4n) is 1.96. The molecular weight excluding hydrogens is 244 g/mol. The van der Waals surface area contributed by atoms with Crippen LogP contribution in [0, 0.1) is 11.3 Å². The molecule has 0 aliphatic heterocycles. The highest BCUT2D eigenvalue weighted by atomic mass is 32.1. The minimum absolute atomic E-state index is 0.0616. The SMILES string of the molecule is C[C@H](NC(=O)C(CN)CC(C)(C)C)c1cccs1. The molecule has 0 bridgehead atoms. The number of thiophene rings is 1. The van der Waals surface area contributed by atoms with E-state index in [0.29, 0.717) is 6.54 Å². The Labute approximate surface area is 114 Å². The quantitative estimate of drug-likeness (QED) is 0.862. The van der Waals surface area contributed by atoms with E-state index in [9.17, 15) is 4.79 Å². The summed E-state index contributed by atoms with van der Waals surface area (Å²) in [5.41, 5.74) is 5.84. The molecule has 3 nitrogen and oxygen atoms in total. The Kier molecular flexibility index (Phi) is 5.35. The third-order valence-corrected chi connectivity index (χ3v) is 3.90. The molecule has 0 saturated heterocycles. The fraction of sp³-hybridized carbons (Fsp3) is 0.643. The molecule has 1 heterocycles. The monoisotopic (exact) mass is 268 g/mol. The molecule has 1 unspecified atom stereocenters. The predicted molar refractivity (Wildman–Crippen MR) is 77.5 cm³/mol. The van der Waals surface area contributed by atoms with Gasteiger partial charge in [-0.05, 0) is 30.2 Å². The molecule has 0 radical (unpaired) electrons. The molecule has 18 heavy (non-hydrogen) atoms. The zero-order chi connectivity index (χ0) is 13.8. The first-order valence-corrected chi connectivity index (χ1v) is 7.25. The summed E-state index contributed by atoms with van der Waals surface area (Å²) < 4.78 is 0. The maximum absolute atomic E-state index is 12.2. The van der Waals surface area contributed by atoms with Crippen LogP contribution >= 0.6 is 11.3 Å². The van der Waals surface area contributed by atoms with Crippen molar-refractivity contribution in [3.63, 3.8) is 0 Å². The van der Waals surface area contributed by atoms with E-state index in [4.69, 9.17) is 5.73 Å². The number of nitrogens with two attached hydrogens (primary N) is 1. The number of rotatable bonds is 5. The molecule has 0 saturated carbocycles. The molecule has 0 aliphatic carbocycles. The Morgan fingerprint density at radius 2 is 2.17 bits per heavy atom.